The lowest BCUT2D eigenvalue weighted by atomic mass is 10.1. The number of aromatic nitrogens is 2. The summed E-state index contributed by atoms with van der Waals surface area (Å²) in [5.74, 6) is 0.635. The summed E-state index contributed by atoms with van der Waals surface area (Å²) < 4.78 is 37.9. The van der Waals surface area contributed by atoms with Gasteiger partial charge >= 0.3 is 12.2 Å². The van der Waals surface area contributed by atoms with Crippen molar-refractivity contribution in [1.29, 1.82) is 0 Å². The first-order valence-electron chi connectivity index (χ1n) is 8.59. The first kappa shape index (κ1) is 18.9. The molecule has 0 saturated carbocycles. The largest absolute Gasteiger partial charge is 0.416 e. The number of nitrogens with one attached hydrogen (secondary N) is 1. The van der Waals surface area contributed by atoms with Crippen molar-refractivity contribution in [1.82, 2.24) is 20.2 Å². The Labute approximate surface area is 155 Å². The standard InChI is InChI=1S/C18H20F3N5O/c1-13(14-3-5-15(6-4-14)18(19,20)21)24-17(27)26-11-9-25(10-12-26)16-22-7-2-8-23-16/h2-8,13H,9-12H2,1H3,(H,24,27). The lowest BCUT2D eigenvalue weighted by Crippen LogP contribution is -2.52. The molecule has 0 spiro atoms. The number of rotatable bonds is 3. The van der Waals surface area contributed by atoms with Crippen LogP contribution in [0.4, 0.5) is 23.9 Å². The Morgan fingerprint density at radius 2 is 1.67 bits per heavy atom. The average Bonchev–Trinajstić information content (AvgIpc) is 2.68. The van der Waals surface area contributed by atoms with Crippen molar-refractivity contribution in [2.24, 2.45) is 0 Å². The molecule has 2 aromatic rings. The Bertz CT molecular complexity index is 759. The van der Waals surface area contributed by atoms with Gasteiger partial charge in [-0.3, -0.25) is 0 Å². The van der Waals surface area contributed by atoms with Crippen LogP contribution in [0, 0.1) is 0 Å². The van der Waals surface area contributed by atoms with Crippen LogP contribution in [-0.2, 0) is 6.18 Å². The maximum Gasteiger partial charge on any atom is 0.416 e. The zero-order valence-corrected chi connectivity index (χ0v) is 14.8. The third-order valence-corrected chi connectivity index (χ3v) is 4.48. The number of urea groups is 1. The van der Waals surface area contributed by atoms with Gasteiger partial charge in [0.2, 0.25) is 5.95 Å². The highest BCUT2D eigenvalue weighted by Gasteiger charge is 2.30. The molecule has 1 aromatic carbocycles. The van der Waals surface area contributed by atoms with Crippen LogP contribution in [-0.4, -0.2) is 47.1 Å². The highest BCUT2D eigenvalue weighted by molar-refractivity contribution is 5.75. The van der Waals surface area contributed by atoms with Crippen LogP contribution in [0.25, 0.3) is 0 Å². The number of alkyl halides is 3. The number of nitrogens with zero attached hydrogens (tertiary/aromatic N) is 4. The second-order valence-corrected chi connectivity index (χ2v) is 6.31. The Kier molecular flexibility index (Phi) is 5.48. The maximum atomic E-state index is 12.6. The van der Waals surface area contributed by atoms with E-state index in [9.17, 15) is 18.0 Å². The number of hydrogen-bond donors (Lipinski definition) is 1. The van der Waals surface area contributed by atoms with Crippen LogP contribution in [0.3, 0.4) is 0 Å². The molecule has 2 heterocycles. The predicted molar refractivity (Wildman–Crippen MR) is 94.2 cm³/mol. The van der Waals surface area contributed by atoms with Gasteiger partial charge in [0, 0.05) is 38.6 Å². The summed E-state index contributed by atoms with van der Waals surface area (Å²) in [6, 6.07) is 5.94. The molecule has 2 amide bonds. The number of benzene rings is 1. The maximum absolute atomic E-state index is 12.6. The summed E-state index contributed by atoms with van der Waals surface area (Å²) in [5, 5.41) is 2.83. The lowest BCUT2D eigenvalue weighted by Gasteiger charge is -2.35. The van der Waals surface area contributed by atoms with Crippen LogP contribution in [0.2, 0.25) is 0 Å². The number of anilines is 1. The van der Waals surface area contributed by atoms with Gasteiger partial charge in [-0.1, -0.05) is 12.1 Å². The lowest BCUT2D eigenvalue weighted by molar-refractivity contribution is -0.137. The molecule has 1 fully saturated rings. The monoisotopic (exact) mass is 379 g/mol. The molecule has 1 aliphatic heterocycles. The molecular weight excluding hydrogens is 359 g/mol. The fourth-order valence-corrected chi connectivity index (χ4v) is 2.88. The molecule has 27 heavy (non-hydrogen) atoms. The van der Waals surface area contributed by atoms with Gasteiger partial charge in [-0.15, -0.1) is 0 Å². The zero-order chi connectivity index (χ0) is 19.4. The van der Waals surface area contributed by atoms with Crippen molar-refractivity contribution < 1.29 is 18.0 Å². The van der Waals surface area contributed by atoms with E-state index >= 15 is 0 Å². The zero-order valence-electron chi connectivity index (χ0n) is 14.8. The van der Waals surface area contributed by atoms with Crippen LogP contribution in [0.15, 0.2) is 42.7 Å². The SMILES string of the molecule is CC(NC(=O)N1CCN(c2ncccn2)CC1)c1ccc(C(F)(F)F)cc1. The smallest absolute Gasteiger partial charge is 0.337 e. The number of piperazine rings is 1. The van der Waals surface area contributed by atoms with Crippen LogP contribution in [0.5, 0.6) is 0 Å². The first-order chi connectivity index (χ1) is 12.8. The van der Waals surface area contributed by atoms with Gasteiger partial charge in [0.1, 0.15) is 0 Å². The minimum Gasteiger partial charge on any atom is -0.337 e. The molecule has 0 bridgehead atoms. The molecule has 9 heteroatoms. The van der Waals surface area contributed by atoms with Gasteiger partial charge < -0.3 is 15.1 Å². The molecule has 0 aliphatic carbocycles. The highest BCUT2D eigenvalue weighted by atomic mass is 19.4. The van der Waals surface area contributed by atoms with Crippen LogP contribution >= 0.6 is 0 Å². The molecule has 144 valence electrons. The van der Waals surface area contributed by atoms with Crippen molar-refractivity contribution in [3.63, 3.8) is 0 Å². The van der Waals surface area contributed by atoms with Crippen molar-refractivity contribution >= 4 is 12.0 Å². The topological polar surface area (TPSA) is 61.4 Å². The van der Waals surface area contributed by atoms with Crippen molar-refractivity contribution in [3.05, 3.63) is 53.9 Å². The molecule has 1 aliphatic rings. The molecule has 1 atom stereocenters. The third kappa shape index (κ3) is 4.66. The Morgan fingerprint density at radius 1 is 1.07 bits per heavy atom. The molecule has 0 radical (unpaired) electrons. The van der Waals surface area contributed by atoms with E-state index in [1.165, 1.54) is 12.1 Å². The molecule has 1 unspecified atom stereocenters. The highest BCUT2D eigenvalue weighted by Crippen LogP contribution is 2.29. The van der Waals surface area contributed by atoms with E-state index < -0.39 is 17.8 Å². The van der Waals surface area contributed by atoms with Gasteiger partial charge in [0.05, 0.1) is 11.6 Å². The summed E-state index contributed by atoms with van der Waals surface area (Å²) in [6.45, 7) is 4.01. The van der Waals surface area contributed by atoms with E-state index in [0.29, 0.717) is 37.7 Å². The summed E-state index contributed by atoms with van der Waals surface area (Å²) in [7, 11) is 0. The quantitative estimate of drug-likeness (QED) is 0.890. The summed E-state index contributed by atoms with van der Waals surface area (Å²) in [4.78, 5) is 24.5. The minimum absolute atomic E-state index is 0.240. The number of carbonyl (C=O) groups is 1. The fourth-order valence-electron chi connectivity index (χ4n) is 2.88. The van der Waals surface area contributed by atoms with Crippen LogP contribution < -0.4 is 10.2 Å². The number of hydrogen-bond acceptors (Lipinski definition) is 4. The summed E-state index contributed by atoms with van der Waals surface area (Å²) in [6.07, 6.45) is -1.02. The number of halogens is 3. The summed E-state index contributed by atoms with van der Waals surface area (Å²) in [5.41, 5.74) is -0.0864. The fraction of sp³-hybridized carbons (Fsp3) is 0.389. The second kappa shape index (κ2) is 7.81. The van der Waals surface area contributed by atoms with Gasteiger partial charge in [-0.2, -0.15) is 13.2 Å². The van der Waals surface area contributed by atoms with Gasteiger partial charge in [-0.25, -0.2) is 14.8 Å². The van der Waals surface area contributed by atoms with Crippen molar-refractivity contribution in [2.75, 3.05) is 31.1 Å². The van der Waals surface area contributed by atoms with E-state index in [1.807, 2.05) is 4.90 Å². The second-order valence-electron chi connectivity index (χ2n) is 6.31. The Hall–Kier alpha value is -2.84. The van der Waals surface area contributed by atoms with E-state index in [-0.39, 0.29) is 6.03 Å². The van der Waals surface area contributed by atoms with E-state index in [2.05, 4.69) is 15.3 Å². The predicted octanol–water partition coefficient (Wildman–Crippen LogP) is 3.09. The summed E-state index contributed by atoms with van der Waals surface area (Å²) >= 11 is 0. The molecule has 6 nitrogen and oxygen atoms in total. The van der Waals surface area contributed by atoms with Crippen LogP contribution in [0.1, 0.15) is 24.1 Å². The van der Waals surface area contributed by atoms with Gasteiger partial charge in [-0.05, 0) is 30.7 Å². The molecule has 1 N–H and O–H groups in total. The first-order valence-corrected chi connectivity index (χ1v) is 8.59. The third-order valence-electron chi connectivity index (χ3n) is 4.48. The van der Waals surface area contributed by atoms with E-state index in [0.717, 1.165) is 12.1 Å². The molecule has 1 aromatic heterocycles. The van der Waals surface area contributed by atoms with E-state index in [4.69, 9.17) is 0 Å². The number of carbonyl (C=O) groups excluding carboxylic acids is 1. The van der Waals surface area contributed by atoms with Crippen molar-refractivity contribution in [2.45, 2.75) is 19.1 Å². The Balaban J connectivity index is 1.53. The molecule has 3 rings (SSSR count). The average molecular weight is 379 g/mol. The number of amides is 2. The normalized spacial score (nSPS) is 16.1. The molecular formula is C18H20F3N5O. The minimum atomic E-state index is -4.37. The molecule has 1 saturated heterocycles. The van der Waals surface area contributed by atoms with Gasteiger partial charge in [0.15, 0.2) is 0 Å². The Morgan fingerprint density at radius 3 is 2.22 bits per heavy atom. The van der Waals surface area contributed by atoms with Crippen molar-refractivity contribution in [3.8, 4) is 0 Å². The van der Waals surface area contributed by atoms with Gasteiger partial charge in [0.25, 0.3) is 0 Å². The van der Waals surface area contributed by atoms with E-state index in [1.54, 1.807) is 30.3 Å².